The van der Waals surface area contributed by atoms with Crippen LogP contribution in [-0.2, 0) is 5.41 Å². The Kier molecular flexibility index (Phi) is 3.13. The standard InChI is InChI=1S/C12H16BrNO2/c1-16-11-5-8(10(15)6-9(11)13)12(7-14)3-2-4-12/h5-6,15H,2-4,7,14H2,1H3. The predicted molar refractivity (Wildman–Crippen MR) is 66.9 cm³/mol. The summed E-state index contributed by atoms with van der Waals surface area (Å²) in [5, 5.41) is 10.0. The van der Waals surface area contributed by atoms with Crippen LogP contribution in [0.15, 0.2) is 16.6 Å². The van der Waals surface area contributed by atoms with E-state index in [2.05, 4.69) is 15.9 Å². The summed E-state index contributed by atoms with van der Waals surface area (Å²) in [5.41, 5.74) is 6.71. The Bertz CT molecular complexity index is 397. The zero-order valence-corrected chi connectivity index (χ0v) is 10.9. The van der Waals surface area contributed by atoms with E-state index in [4.69, 9.17) is 10.5 Å². The van der Waals surface area contributed by atoms with E-state index in [1.807, 2.05) is 6.07 Å². The Morgan fingerprint density at radius 2 is 2.19 bits per heavy atom. The number of phenols is 1. The first-order valence-electron chi connectivity index (χ1n) is 5.40. The molecule has 1 fully saturated rings. The van der Waals surface area contributed by atoms with Crippen LogP contribution in [0.2, 0.25) is 0 Å². The van der Waals surface area contributed by atoms with Gasteiger partial charge in [0.1, 0.15) is 11.5 Å². The van der Waals surface area contributed by atoms with E-state index in [9.17, 15) is 5.11 Å². The van der Waals surface area contributed by atoms with Crippen LogP contribution in [0.4, 0.5) is 0 Å². The van der Waals surface area contributed by atoms with Crippen LogP contribution in [0.25, 0.3) is 0 Å². The largest absolute Gasteiger partial charge is 0.508 e. The average molecular weight is 286 g/mol. The van der Waals surface area contributed by atoms with E-state index in [-0.39, 0.29) is 5.41 Å². The van der Waals surface area contributed by atoms with Gasteiger partial charge < -0.3 is 15.6 Å². The second kappa shape index (κ2) is 4.26. The molecule has 88 valence electrons. The lowest BCUT2D eigenvalue weighted by molar-refractivity contribution is 0.244. The summed E-state index contributed by atoms with van der Waals surface area (Å²) in [7, 11) is 1.62. The van der Waals surface area contributed by atoms with Gasteiger partial charge in [-0.25, -0.2) is 0 Å². The van der Waals surface area contributed by atoms with E-state index < -0.39 is 0 Å². The summed E-state index contributed by atoms with van der Waals surface area (Å²) < 4.78 is 6.02. The summed E-state index contributed by atoms with van der Waals surface area (Å²) in [6.45, 7) is 0.575. The zero-order valence-electron chi connectivity index (χ0n) is 9.29. The van der Waals surface area contributed by atoms with Gasteiger partial charge in [-0.3, -0.25) is 0 Å². The number of methoxy groups -OCH3 is 1. The van der Waals surface area contributed by atoms with Gasteiger partial charge in [-0.1, -0.05) is 6.42 Å². The van der Waals surface area contributed by atoms with Crippen molar-refractivity contribution in [3.05, 3.63) is 22.2 Å². The van der Waals surface area contributed by atoms with Gasteiger partial charge in [0.25, 0.3) is 0 Å². The summed E-state index contributed by atoms with van der Waals surface area (Å²) in [5.74, 6) is 1.05. The molecule has 1 aromatic carbocycles. The fraction of sp³-hybridized carbons (Fsp3) is 0.500. The van der Waals surface area contributed by atoms with Gasteiger partial charge in [0.2, 0.25) is 0 Å². The van der Waals surface area contributed by atoms with Crippen LogP contribution in [-0.4, -0.2) is 18.8 Å². The molecule has 0 bridgehead atoms. The highest BCUT2D eigenvalue weighted by atomic mass is 79.9. The highest BCUT2D eigenvalue weighted by Crippen LogP contribution is 2.48. The number of hydrogen-bond donors (Lipinski definition) is 2. The van der Waals surface area contributed by atoms with Gasteiger partial charge in [0.15, 0.2) is 0 Å². The van der Waals surface area contributed by atoms with Crippen molar-refractivity contribution in [2.75, 3.05) is 13.7 Å². The van der Waals surface area contributed by atoms with Crippen LogP contribution in [0.3, 0.4) is 0 Å². The van der Waals surface area contributed by atoms with Crippen LogP contribution in [0.1, 0.15) is 24.8 Å². The third kappa shape index (κ3) is 1.70. The van der Waals surface area contributed by atoms with Crippen molar-refractivity contribution in [3.63, 3.8) is 0 Å². The number of nitrogens with two attached hydrogens (primary N) is 1. The lowest BCUT2D eigenvalue weighted by Crippen LogP contribution is -2.41. The number of halogens is 1. The highest BCUT2D eigenvalue weighted by molar-refractivity contribution is 9.10. The van der Waals surface area contributed by atoms with Gasteiger partial charge in [0.05, 0.1) is 11.6 Å². The van der Waals surface area contributed by atoms with E-state index >= 15 is 0 Å². The lowest BCUT2D eigenvalue weighted by atomic mass is 9.64. The van der Waals surface area contributed by atoms with E-state index in [0.717, 1.165) is 28.6 Å². The molecular weight excluding hydrogens is 270 g/mol. The van der Waals surface area contributed by atoms with Crippen LogP contribution in [0.5, 0.6) is 11.5 Å². The Labute approximate surface area is 104 Å². The normalized spacial score (nSPS) is 17.9. The Balaban J connectivity index is 2.47. The fourth-order valence-electron chi connectivity index (χ4n) is 2.31. The monoisotopic (exact) mass is 285 g/mol. The van der Waals surface area contributed by atoms with Crippen molar-refractivity contribution in [1.82, 2.24) is 0 Å². The number of aromatic hydroxyl groups is 1. The van der Waals surface area contributed by atoms with Crippen molar-refractivity contribution in [3.8, 4) is 11.5 Å². The zero-order chi connectivity index (χ0) is 11.8. The van der Waals surface area contributed by atoms with Crippen molar-refractivity contribution in [2.24, 2.45) is 5.73 Å². The maximum atomic E-state index is 10.0. The van der Waals surface area contributed by atoms with E-state index in [0.29, 0.717) is 12.3 Å². The number of ether oxygens (including phenoxy) is 1. The molecule has 1 aliphatic rings. The molecule has 16 heavy (non-hydrogen) atoms. The minimum atomic E-state index is -0.0436. The molecule has 0 amide bonds. The SMILES string of the molecule is COc1cc(C2(CN)CCC2)c(O)cc1Br. The van der Waals surface area contributed by atoms with Gasteiger partial charge >= 0.3 is 0 Å². The van der Waals surface area contributed by atoms with E-state index in [1.54, 1.807) is 13.2 Å². The van der Waals surface area contributed by atoms with Crippen LogP contribution >= 0.6 is 15.9 Å². The quantitative estimate of drug-likeness (QED) is 0.897. The van der Waals surface area contributed by atoms with Gasteiger partial charge in [-0.05, 0) is 40.9 Å². The van der Waals surface area contributed by atoms with Crippen LogP contribution in [0, 0.1) is 0 Å². The maximum Gasteiger partial charge on any atom is 0.133 e. The Morgan fingerprint density at radius 3 is 2.62 bits per heavy atom. The average Bonchev–Trinajstić information content (AvgIpc) is 2.20. The molecule has 4 heteroatoms. The van der Waals surface area contributed by atoms with Crippen molar-refractivity contribution in [2.45, 2.75) is 24.7 Å². The number of benzene rings is 1. The number of rotatable bonds is 3. The molecule has 0 unspecified atom stereocenters. The summed E-state index contributed by atoms with van der Waals surface area (Å²) in [4.78, 5) is 0. The number of phenolic OH excluding ortho intramolecular Hbond substituents is 1. The topological polar surface area (TPSA) is 55.5 Å². The minimum absolute atomic E-state index is 0.0436. The molecule has 0 spiro atoms. The Morgan fingerprint density at radius 1 is 1.50 bits per heavy atom. The second-order valence-electron chi connectivity index (χ2n) is 4.34. The summed E-state index contributed by atoms with van der Waals surface area (Å²) >= 11 is 3.35. The predicted octanol–water partition coefficient (Wildman–Crippen LogP) is 2.54. The third-order valence-corrected chi connectivity index (χ3v) is 4.16. The molecule has 3 nitrogen and oxygen atoms in total. The smallest absolute Gasteiger partial charge is 0.133 e. The fourth-order valence-corrected chi connectivity index (χ4v) is 2.80. The minimum Gasteiger partial charge on any atom is -0.508 e. The molecular formula is C12H16BrNO2. The number of hydrogen-bond acceptors (Lipinski definition) is 3. The van der Waals surface area contributed by atoms with E-state index in [1.165, 1.54) is 6.42 Å². The molecule has 0 radical (unpaired) electrons. The first-order valence-corrected chi connectivity index (χ1v) is 6.19. The lowest BCUT2D eigenvalue weighted by Gasteiger charge is -2.41. The molecule has 1 aliphatic carbocycles. The molecule has 2 rings (SSSR count). The van der Waals surface area contributed by atoms with Gasteiger partial charge in [-0.15, -0.1) is 0 Å². The molecule has 3 N–H and O–H groups in total. The van der Waals surface area contributed by atoms with Crippen molar-refractivity contribution < 1.29 is 9.84 Å². The van der Waals surface area contributed by atoms with Crippen molar-refractivity contribution in [1.29, 1.82) is 0 Å². The first kappa shape index (κ1) is 11.7. The molecule has 1 aromatic rings. The Hall–Kier alpha value is -0.740. The molecule has 0 aromatic heterocycles. The second-order valence-corrected chi connectivity index (χ2v) is 5.20. The molecule has 0 heterocycles. The maximum absolute atomic E-state index is 10.0. The molecule has 1 saturated carbocycles. The highest BCUT2D eigenvalue weighted by Gasteiger charge is 2.39. The first-order chi connectivity index (χ1) is 7.63. The molecule has 0 aliphatic heterocycles. The molecule has 0 atom stereocenters. The summed E-state index contributed by atoms with van der Waals surface area (Å²) in [6, 6.07) is 3.58. The van der Waals surface area contributed by atoms with Gasteiger partial charge in [-0.2, -0.15) is 0 Å². The van der Waals surface area contributed by atoms with Crippen molar-refractivity contribution >= 4 is 15.9 Å². The van der Waals surface area contributed by atoms with Gasteiger partial charge in [0, 0.05) is 17.5 Å². The van der Waals surface area contributed by atoms with Crippen LogP contribution < -0.4 is 10.5 Å². The third-order valence-electron chi connectivity index (χ3n) is 3.54. The molecule has 0 saturated heterocycles. The summed E-state index contributed by atoms with van der Waals surface area (Å²) in [6.07, 6.45) is 3.26.